The molecular weight excluding hydrogens is 456 g/mol. The summed E-state index contributed by atoms with van der Waals surface area (Å²) in [6.07, 6.45) is 2.10. The van der Waals surface area contributed by atoms with Crippen LogP contribution in [0, 0.1) is 11.8 Å². The maximum Gasteiger partial charge on any atom is 0.324 e. The number of ether oxygens (including phenoxy) is 2. The largest absolute Gasteiger partial charge is 0.496 e. The first kappa shape index (κ1) is 24.1. The molecule has 0 saturated carbocycles. The molecule has 0 bridgehead atoms. The van der Waals surface area contributed by atoms with E-state index in [1.54, 1.807) is 24.3 Å². The molecule has 0 spiro atoms. The molecule has 4 unspecified atom stereocenters. The second-order valence-electron chi connectivity index (χ2n) is 8.38. The van der Waals surface area contributed by atoms with E-state index in [2.05, 4.69) is 5.32 Å². The van der Waals surface area contributed by atoms with Gasteiger partial charge in [0.25, 0.3) is 0 Å². The van der Waals surface area contributed by atoms with Gasteiger partial charge in [0.1, 0.15) is 23.6 Å². The van der Waals surface area contributed by atoms with Crippen LogP contribution >= 0.6 is 11.8 Å². The fourth-order valence-electron chi connectivity index (χ4n) is 5.04. The van der Waals surface area contributed by atoms with Crippen molar-refractivity contribution in [2.75, 3.05) is 32.3 Å². The third kappa shape index (κ3) is 4.14. The Hall–Kier alpha value is -3.04. The Balaban J connectivity index is 1.67. The first-order valence-electron chi connectivity index (χ1n) is 11.1. The molecule has 0 radical (unpaired) electrons. The number of amides is 2. The van der Waals surface area contributed by atoms with Crippen LogP contribution in [0.4, 0.5) is 0 Å². The lowest BCUT2D eigenvalue weighted by Crippen LogP contribution is -2.56. The van der Waals surface area contributed by atoms with E-state index in [0.29, 0.717) is 22.8 Å². The lowest BCUT2D eigenvalue weighted by molar-refractivity contribution is -0.151. The van der Waals surface area contributed by atoms with Crippen LogP contribution in [0.3, 0.4) is 0 Å². The number of rotatable bonds is 10. The minimum atomic E-state index is -1.55. The number of carboxylic acid groups (broad SMARTS) is 1. The van der Waals surface area contributed by atoms with Crippen LogP contribution in [-0.2, 0) is 14.4 Å². The standard InChI is InChI=1S/C25H28N2O6S/c1-32-18-11-7-6-10-17(18)21-19-20(25(26-21,24(30)31)12-15-34-2)23(29)27(22(19)28)13-14-33-16-8-4-3-5-9-16/h3-11,19-21,26H,12-15H2,1-2H3,(H,30,31). The topological polar surface area (TPSA) is 105 Å². The number of fused-ring (bicyclic) bond motifs is 1. The van der Waals surface area contributed by atoms with Gasteiger partial charge in [0.05, 0.1) is 25.5 Å². The number of carbonyl (C=O) groups excluding carboxylic acids is 2. The van der Waals surface area contributed by atoms with Crippen molar-refractivity contribution in [3.63, 3.8) is 0 Å². The number of aliphatic carboxylic acids is 1. The minimum absolute atomic E-state index is 0.0520. The van der Waals surface area contributed by atoms with Gasteiger partial charge in [-0.25, -0.2) is 0 Å². The average molecular weight is 485 g/mol. The average Bonchev–Trinajstić information content (AvgIpc) is 3.33. The van der Waals surface area contributed by atoms with Crippen LogP contribution in [0.5, 0.6) is 11.5 Å². The van der Waals surface area contributed by atoms with Gasteiger partial charge in [-0.2, -0.15) is 11.8 Å². The number of likely N-dealkylation sites (tertiary alicyclic amines) is 1. The van der Waals surface area contributed by atoms with E-state index < -0.39 is 35.3 Å². The van der Waals surface area contributed by atoms with E-state index in [0.717, 1.165) is 4.90 Å². The first-order valence-corrected chi connectivity index (χ1v) is 12.5. The number of carboxylic acids is 1. The maximum absolute atomic E-state index is 13.6. The molecule has 2 aliphatic heterocycles. The third-order valence-electron chi connectivity index (χ3n) is 6.63. The highest BCUT2D eigenvalue weighted by molar-refractivity contribution is 7.98. The molecule has 2 saturated heterocycles. The molecule has 4 rings (SSSR count). The van der Waals surface area contributed by atoms with Crippen molar-refractivity contribution in [2.24, 2.45) is 11.8 Å². The highest BCUT2D eigenvalue weighted by Gasteiger charge is 2.68. The van der Waals surface area contributed by atoms with Crippen molar-refractivity contribution in [1.82, 2.24) is 10.2 Å². The first-order chi connectivity index (χ1) is 16.4. The van der Waals surface area contributed by atoms with Gasteiger partial charge in [-0.3, -0.25) is 24.6 Å². The van der Waals surface area contributed by atoms with Crippen molar-refractivity contribution >= 4 is 29.5 Å². The predicted molar refractivity (Wildman–Crippen MR) is 128 cm³/mol. The summed E-state index contributed by atoms with van der Waals surface area (Å²) in [5.74, 6) is -2.15. The van der Waals surface area contributed by atoms with E-state index in [1.165, 1.54) is 18.9 Å². The number of methoxy groups -OCH3 is 1. The number of imide groups is 1. The predicted octanol–water partition coefficient (Wildman–Crippen LogP) is 2.60. The van der Waals surface area contributed by atoms with Crippen LogP contribution < -0.4 is 14.8 Å². The zero-order valence-corrected chi connectivity index (χ0v) is 19.9. The van der Waals surface area contributed by atoms with Crippen LogP contribution in [0.1, 0.15) is 18.0 Å². The second kappa shape index (κ2) is 10.1. The summed E-state index contributed by atoms with van der Waals surface area (Å²) in [6.45, 7) is 0.176. The van der Waals surface area contributed by atoms with Crippen LogP contribution in [0.2, 0.25) is 0 Å². The quantitative estimate of drug-likeness (QED) is 0.496. The summed E-state index contributed by atoms with van der Waals surface area (Å²) in [7, 11) is 1.53. The van der Waals surface area contributed by atoms with Gasteiger partial charge in [-0.15, -0.1) is 0 Å². The molecule has 34 heavy (non-hydrogen) atoms. The van der Waals surface area contributed by atoms with Crippen LogP contribution in [0.25, 0.3) is 0 Å². The Labute approximate surface area is 202 Å². The number of hydrogen-bond acceptors (Lipinski definition) is 7. The number of para-hydroxylation sites is 2. The smallest absolute Gasteiger partial charge is 0.324 e. The van der Waals surface area contributed by atoms with E-state index >= 15 is 0 Å². The van der Waals surface area contributed by atoms with E-state index in [9.17, 15) is 19.5 Å². The van der Waals surface area contributed by atoms with Gasteiger partial charge in [0, 0.05) is 11.6 Å². The molecule has 2 N–H and O–H groups in total. The Bertz CT molecular complexity index is 1060. The third-order valence-corrected chi connectivity index (χ3v) is 7.24. The maximum atomic E-state index is 13.6. The molecule has 9 heteroatoms. The molecule has 2 fully saturated rings. The normalized spacial score (nSPS) is 25.9. The molecule has 180 valence electrons. The van der Waals surface area contributed by atoms with Crippen molar-refractivity contribution < 1.29 is 29.0 Å². The molecule has 0 aromatic heterocycles. The fourth-order valence-corrected chi connectivity index (χ4v) is 5.57. The molecule has 2 aromatic carbocycles. The number of nitrogens with one attached hydrogen (secondary N) is 1. The van der Waals surface area contributed by atoms with E-state index in [4.69, 9.17) is 9.47 Å². The van der Waals surface area contributed by atoms with Gasteiger partial charge in [-0.1, -0.05) is 36.4 Å². The highest BCUT2D eigenvalue weighted by Crippen LogP contribution is 2.51. The molecule has 2 amide bonds. The number of nitrogens with zero attached hydrogens (tertiary/aromatic N) is 1. The van der Waals surface area contributed by atoms with Gasteiger partial charge in [0.15, 0.2) is 0 Å². The Morgan fingerprint density at radius 3 is 2.50 bits per heavy atom. The Morgan fingerprint density at radius 2 is 1.82 bits per heavy atom. The zero-order chi connectivity index (χ0) is 24.3. The van der Waals surface area contributed by atoms with Crippen molar-refractivity contribution in [2.45, 2.75) is 18.0 Å². The number of thioether (sulfide) groups is 1. The Kier molecular flexibility index (Phi) is 7.13. The highest BCUT2D eigenvalue weighted by atomic mass is 32.2. The van der Waals surface area contributed by atoms with Crippen molar-refractivity contribution in [1.29, 1.82) is 0 Å². The fraction of sp³-hybridized carbons (Fsp3) is 0.400. The molecule has 0 aliphatic carbocycles. The molecule has 4 atom stereocenters. The monoisotopic (exact) mass is 484 g/mol. The summed E-state index contributed by atoms with van der Waals surface area (Å²) < 4.78 is 11.2. The SMILES string of the molecule is COc1ccccc1C1NC(CCSC)(C(=O)O)C2C(=O)N(CCOc3ccccc3)C(=O)C12. The molecule has 8 nitrogen and oxygen atoms in total. The number of hydrogen-bond donors (Lipinski definition) is 2. The molecular formula is C25H28N2O6S. The minimum Gasteiger partial charge on any atom is -0.496 e. The van der Waals surface area contributed by atoms with Gasteiger partial charge in [-0.05, 0) is 36.6 Å². The van der Waals surface area contributed by atoms with Crippen molar-refractivity contribution in [3.05, 3.63) is 60.2 Å². The number of benzene rings is 2. The lowest BCUT2D eigenvalue weighted by Gasteiger charge is -2.31. The zero-order valence-electron chi connectivity index (χ0n) is 19.1. The molecule has 2 heterocycles. The van der Waals surface area contributed by atoms with E-state index in [-0.39, 0.29) is 25.5 Å². The summed E-state index contributed by atoms with van der Waals surface area (Å²) >= 11 is 1.50. The molecule has 2 aromatic rings. The van der Waals surface area contributed by atoms with E-state index in [1.807, 2.05) is 36.6 Å². The van der Waals surface area contributed by atoms with Crippen molar-refractivity contribution in [3.8, 4) is 11.5 Å². The van der Waals surface area contributed by atoms with Gasteiger partial charge >= 0.3 is 5.97 Å². The number of carbonyl (C=O) groups is 3. The Morgan fingerprint density at radius 1 is 1.12 bits per heavy atom. The lowest BCUT2D eigenvalue weighted by atomic mass is 9.78. The van der Waals surface area contributed by atoms with Gasteiger partial charge in [0.2, 0.25) is 11.8 Å². The van der Waals surface area contributed by atoms with Gasteiger partial charge < -0.3 is 14.6 Å². The second-order valence-corrected chi connectivity index (χ2v) is 9.36. The van der Waals surface area contributed by atoms with Crippen LogP contribution in [0.15, 0.2) is 54.6 Å². The van der Waals surface area contributed by atoms with Crippen LogP contribution in [-0.4, -0.2) is 65.6 Å². The summed E-state index contributed by atoms with van der Waals surface area (Å²) in [5, 5.41) is 13.5. The molecule has 2 aliphatic rings. The summed E-state index contributed by atoms with van der Waals surface area (Å²) in [5.41, 5.74) is -0.892. The summed E-state index contributed by atoms with van der Waals surface area (Å²) in [6, 6.07) is 15.6. The summed E-state index contributed by atoms with van der Waals surface area (Å²) in [4.78, 5) is 41.0.